The van der Waals surface area contributed by atoms with E-state index in [1.807, 2.05) is 13.8 Å². The number of nitrogens with zero attached hydrogens (tertiary/aromatic N) is 4. The van der Waals surface area contributed by atoms with Crippen molar-refractivity contribution in [2.45, 2.75) is 19.8 Å². The summed E-state index contributed by atoms with van der Waals surface area (Å²) in [4.78, 5) is 17.3. The van der Waals surface area contributed by atoms with E-state index in [4.69, 9.17) is 4.42 Å². The third-order valence-corrected chi connectivity index (χ3v) is 2.29. The number of hydrogen-bond acceptors (Lipinski definition) is 5. The molecule has 0 aliphatic rings. The molecule has 0 fully saturated rings. The number of oxazole rings is 1. The number of aryl methyl sites for hydroxylation is 1. The van der Waals surface area contributed by atoms with Gasteiger partial charge in [-0.05, 0) is 12.2 Å². The first-order valence-corrected chi connectivity index (χ1v) is 5.60. The molecule has 0 aliphatic heterocycles. The van der Waals surface area contributed by atoms with E-state index in [9.17, 15) is 4.79 Å². The average molecular weight is 246 g/mol. The Hall–Kier alpha value is -2.24. The van der Waals surface area contributed by atoms with E-state index >= 15 is 0 Å². The molecular weight excluding hydrogens is 232 g/mol. The quantitative estimate of drug-likeness (QED) is 0.607. The highest BCUT2D eigenvalue weighted by atomic mass is 16.3. The van der Waals surface area contributed by atoms with Gasteiger partial charge in [-0.25, -0.2) is 4.98 Å². The summed E-state index contributed by atoms with van der Waals surface area (Å²) in [7, 11) is 1.71. The summed E-state index contributed by atoms with van der Waals surface area (Å²) in [5, 5.41) is 7.94. The molecule has 6 heteroatoms. The molecule has 2 rings (SSSR count). The van der Waals surface area contributed by atoms with Crippen LogP contribution >= 0.6 is 0 Å². The predicted molar refractivity (Wildman–Crippen MR) is 65.0 cm³/mol. The minimum atomic E-state index is -0.212. The zero-order chi connectivity index (χ0) is 13.1. The zero-order valence-corrected chi connectivity index (χ0v) is 10.5. The Balaban J connectivity index is 2.09. The molecule has 0 atom stereocenters. The molecule has 0 saturated heterocycles. The lowest BCUT2D eigenvalue weighted by Gasteiger charge is -1.93. The van der Waals surface area contributed by atoms with Crippen molar-refractivity contribution in [3.8, 4) is 0 Å². The number of carbonyl (C=O) groups excluding carboxylic acids is 1. The Bertz CT molecular complexity index is 580. The fraction of sp³-hybridized carbons (Fsp3) is 0.333. The summed E-state index contributed by atoms with van der Waals surface area (Å²) in [5.74, 6) is 0.512. The Labute approximate surface area is 104 Å². The molecule has 0 aromatic carbocycles. The van der Waals surface area contributed by atoms with Crippen LogP contribution in [0.1, 0.15) is 41.8 Å². The molecule has 0 bridgehead atoms. The van der Waals surface area contributed by atoms with Crippen molar-refractivity contribution >= 4 is 11.9 Å². The van der Waals surface area contributed by atoms with Crippen LogP contribution in [-0.2, 0) is 7.05 Å². The lowest BCUT2D eigenvalue weighted by atomic mass is 10.2. The van der Waals surface area contributed by atoms with Crippen LogP contribution in [0.5, 0.6) is 0 Å². The monoisotopic (exact) mass is 246 g/mol. The molecule has 6 nitrogen and oxygen atoms in total. The number of ketones is 1. The average Bonchev–Trinajstić information content (AvgIpc) is 2.94. The highest BCUT2D eigenvalue weighted by molar-refractivity contribution is 6.05. The third kappa shape index (κ3) is 2.71. The zero-order valence-electron chi connectivity index (χ0n) is 10.5. The van der Waals surface area contributed by atoms with E-state index < -0.39 is 0 Å². The van der Waals surface area contributed by atoms with E-state index in [1.54, 1.807) is 19.3 Å². The Morgan fingerprint density at radius 2 is 2.28 bits per heavy atom. The maximum atomic E-state index is 11.8. The van der Waals surface area contributed by atoms with Crippen molar-refractivity contribution in [1.82, 2.24) is 20.0 Å². The van der Waals surface area contributed by atoms with Crippen LogP contribution < -0.4 is 0 Å². The van der Waals surface area contributed by atoms with Gasteiger partial charge in [0.05, 0.1) is 6.20 Å². The topological polar surface area (TPSA) is 73.8 Å². The lowest BCUT2D eigenvalue weighted by molar-refractivity contribution is 0.104. The van der Waals surface area contributed by atoms with Crippen molar-refractivity contribution in [3.63, 3.8) is 0 Å². The predicted octanol–water partition coefficient (Wildman–Crippen LogP) is 1.82. The second-order valence-electron chi connectivity index (χ2n) is 4.18. The summed E-state index contributed by atoms with van der Waals surface area (Å²) in [6.07, 6.45) is 5.95. The molecular formula is C12H14N4O2. The van der Waals surface area contributed by atoms with Crippen LogP contribution in [0, 0.1) is 0 Å². The van der Waals surface area contributed by atoms with Crippen molar-refractivity contribution in [3.05, 3.63) is 35.8 Å². The van der Waals surface area contributed by atoms with Gasteiger partial charge in [0.2, 0.25) is 5.78 Å². The van der Waals surface area contributed by atoms with Crippen molar-refractivity contribution in [1.29, 1.82) is 0 Å². The van der Waals surface area contributed by atoms with Gasteiger partial charge >= 0.3 is 0 Å². The highest BCUT2D eigenvalue weighted by Crippen LogP contribution is 2.13. The molecule has 2 aromatic heterocycles. The van der Waals surface area contributed by atoms with Gasteiger partial charge in [0.1, 0.15) is 17.7 Å². The van der Waals surface area contributed by atoms with Gasteiger partial charge in [0.15, 0.2) is 5.89 Å². The molecule has 2 heterocycles. The number of aromatic nitrogens is 4. The van der Waals surface area contributed by atoms with Crippen LogP contribution in [0.25, 0.3) is 6.08 Å². The van der Waals surface area contributed by atoms with E-state index in [0.717, 1.165) is 0 Å². The minimum absolute atomic E-state index is 0.163. The Morgan fingerprint density at radius 3 is 2.83 bits per heavy atom. The number of hydrogen-bond donors (Lipinski definition) is 0. The number of rotatable bonds is 4. The van der Waals surface area contributed by atoms with Gasteiger partial charge < -0.3 is 4.42 Å². The highest BCUT2D eigenvalue weighted by Gasteiger charge is 2.11. The normalized spacial score (nSPS) is 11.6. The van der Waals surface area contributed by atoms with Gasteiger partial charge in [-0.3, -0.25) is 4.79 Å². The lowest BCUT2D eigenvalue weighted by Crippen LogP contribution is -1.96. The molecule has 0 radical (unpaired) electrons. The fourth-order valence-corrected chi connectivity index (χ4v) is 1.35. The maximum Gasteiger partial charge on any atom is 0.207 e. The third-order valence-electron chi connectivity index (χ3n) is 2.29. The molecule has 94 valence electrons. The molecule has 18 heavy (non-hydrogen) atoms. The number of allylic oxidation sites excluding steroid dienone is 1. The molecule has 0 unspecified atom stereocenters. The molecule has 0 N–H and O–H groups in total. The Kier molecular flexibility index (Phi) is 3.36. The van der Waals surface area contributed by atoms with Crippen LogP contribution in [0.3, 0.4) is 0 Å². The summed E-state index contributed by atoms with van der Waals surface area (Å²) in [6, 6.07) is 0. The SMILES string of the molecule is CC(C)c1nc(C(=O)C=Cc2cnn(C)n2)co1. The fourth-order valence-electron chi connectivity index (χ4n) is 1.35. The van der Waals surface area contributed by atoms with E-state index in [2.05, 4.69) is 15.2 Å². The van der Waals surface area contributed by atoms with E-state index in [-0.39, 0.29) is 11.7 Å². The van der Waals surface area contributed by atoms with Gasteiger partial charge in [-0.2, -0.15) is 15.0 Å². The standard InChI is InChI=1S/C12H14N4O2/c1-8(2)12-14-10(7-18-12)11(17)5-4-9-6-13-16(3)15-9/h4-8H,1-3H3. The van der Waals surface area contributed by atoms with Gasteiger partial charge in [-0.15, -0.1) is 0 Å². The minimum Gasteiger partial charge on any atom is -0.448 e. The largest absolute Gasteiger partial charge is 0.448 e. The van der Waals surface area contributed by atoms with Crippen molar-refractivity contribution < 1.29 is 9.21 Å². The first-order valence-electron chi connectivity index (χ1n) is 5.60. The molecule has 0 spiro atoms. The Morgan fingerprint density at radius 1 is 1.50 bits per heavy atom. The maximum absolute atomic E-state index is 11.8. The van der Waals surface area contributed by atoms with E-state index in [0.29, 0.717) is 17.3 Å². The van der Waals surface area contributed by atoms with E-state index in [1.165, 1.54) is 17.1 Å². The van der Waals surface area contributed by atoms with Crippen LogP contribution in [0.4, 0.5) is 0 Å². The summed E-state index contributed by atoms with van der Waals surface area (Å²) in [5.41, 5.74) is 0.928. The van der Waals surface area contributed by atoms with Gasteiger partial charge in [-0.1, -0.05) is 13.8 Å². The van der Waals surface area contributed by atoms with Gasteiger partial charge in [0.25, 0.3) is 0 Å². The smallest absolute Gasteiger partial charge is 0.207 e. The van der Waals surface area contributed by atoms with Crippen LogP contribution in [-0.4, -0.2) is 25.8 Å². The van der Waals surface area contributed by atoms with Crippen molar-refractivity contribution in [2.75, 3.05) is 0 Å². The summed E-state index contributed by atoms with van der Waals surface area (Å²) >= 11 is 0. The molecule has 0 saturated carbocycles. The van der Waals surface area contributed by atoms with Gasteiger partial charge in [0, 0.05) is 13.0 Å². The summed E-state index contributed by atoms with van der Waals surface area (Å²) in [6.45, 7) is 3.91. The second kappa shape index (κ2) is 4.95. The molecule has 0 aliphatic carbocycles. The van der Waals surface area contributed by atoms with Crippen molar-refractivity contribution in [2.24, 2.45) is 7.05 Å². The molecule has 0 amide bonds. The van der Waals surface area contributed by atoms with Crippen LogP contribution in [0.15, 0.2) is 23.0 Å². The first kappa shape index (κ1) is 12.2. The second-order valence-corrected chi connectivity index (χ2v) is 4.18. The first-order chi connectivity index (χ1) is 8.56. The summed E-state index contributed by atoms with van der Waals surface area (Å²) < 4.78 is 5.21. The van der Waals surface area contributed by atoms with Crippen LogP contribution in [0.2, 0.25) is 0 Å². The molecule has 2 aromatic rings. The number of carbonyl (C=O) groups is 1.